The van der Waals surface area contributed by atoms with Gasteiger partial charge in [-0.3, -0.25) is 19.4 Å². The minimum atomic E-state index is -0.999. The number of ether oxygens (including phenoxy) is 1. The number of nitrogens with one attached hydrogen (secondary N) is 4. The highest BCUT2D eigenvalue weighted by molar-refractivity contribution is 6.30. The summed E-state index contributed by atoms with van der Waals surface area (Å²) in [5, 5.41) is 8.82. The fourth-order valence-corrected chi connectivity index (χ4v) is 3.63. The molecule has 0 saturated heterocycles. The zero-order valence-corrected chi connectivity index (χ0v) is 18.0. The number of fused-ring (bicyclic) bond motifs is 1. The molecular formula is C22H20ClN5O4. The molecule has 1 aromatic heterocycles. The van der Waals surface area contributed by atoms with Gasteiger partial charge in [0.25, 0.3) is 5.56 Å². The van der Waals surface area contributed by atoms with Crippen molar-refractivity contribution in [3.63, 3.8) is 0 Å². The Morgan fingerprint density at radius 2 is 2.03 bits per heavy atom. The van der Waals surface area contributed by atoms with Crippen molar-refractivity contribution in [2.75, 3.05) is 23.1 Å². The number of methoxy groups -OCH3 is 1. The van der Waals surface area contributed by atoms with Crippen molar-refractivity contribution in [1.29, 1.82) is 0 Å². The van der Waals surface area contributed by atoms with Gasteiger partial charge in [0, 0.05) is 28.9 Å². The summed E-state index contributed by atoms with van der Waals surface area (Å²) in [4.78, 5) is 45.1. The number of nitrogens with zero attached hydrogens (tertiary/aromatic N) is 1. The fraction of sp³-hybridized carbons (Fsp3) is 0.182. The molecule has 0 fully saturated rings. The Labute approximate surface area is 188 Å². The number of aromatic amines is 1. The Morgan fingerprint density at radius 1 is 1.22 bits per heavy atom. The number of rotatable bonds is 5. The van der Waals surface area contributed by atoms with E-state index in [1.165, 1.54) is 7.11 Å². The van der Waals surface area contributed by atoms with E-state index in [9.17, 15) is 14.4 Å². The highest BCUT2D eigenvalue weighted by Crippen LogP contribution is 2.31. The normalized spacial score (nSPS) is 14.8. The Bertz CT molecular complexity index is 1270. The van der Waals surface area contributed by atoms with Crippen LogP contribution >= 0.6 is 11.6 Å². The number of amides is 2. The van der Waals surface area contributed by atoms with Crippen LogP contribution in [-0.4, -0.2) is 28.9 Å². The van der Waals surface area contributed by atoms with Crippen LogP contribution in [0.5, 0.6) is 5.75 Å². The zero-order chi connectivity index (χ0) is 22.8. The maximum Gasteiger partial charge on any atom is 0.258 e. The largest absolute Gasteiger partial charge is 0.497 e. The smallest absolute Gasteiger partial charge is 0.258 e. The number of halogens is 1. The third-order valence-corrected chi connectivity index (χ3v) is 5.29. The molecule has 0 saturated carbocycles. The molecular weight excluding hydrogens is 434 g/mol. The molecule has 2 aromatic carbocycles. The van der Waals surface area contributed by atoms with E-state index in [0.29, 0.717) is 22.1 Å². The van der Waals surface area contributed by atoms with Gasteiger partial charge in [0.05, 0.1) is 18.6 Å². The molecule has 32 heavy (non-hydrogen) atoms. The predicted molar refractivity (Wildman–Crippen MR) is 122 cm³/mol. The molecule has 0 bridgehead atoms. The van der Waals surface area contributed by atoms with Crippen LogP contribution in [-0.2, 0) is 9.59 Å². The van der Waals surface area contributed by atoms with E-state index in [1.54, 1.807) is 42.5 Å². The van der Waals surface area contributed by atoms with Gasteiger partial charge in [0.1, 0.15) is 11.6 Å². The van der Waals surface area contributed by atoms with Crippen molar-refractivity contribution in [2.24, 2.45) is 0 Å². The van der Waals surface area contributed by atoms with Gasteiger partial charge in [0.15, 0.2) is 0 Å². The van der Waals surface area contributed by atoms with Crippen molar-refractivity contribution in [3.05, 3.63) is 69.0 Å². The maximum atomic E-state index is 13.1. The zero-order valence-electron chi connectivity index (χ0n) is 17.3. The molecule has 0 spiro atoms. The molecule has 10 heteroatoms. The number of benzene rings is 2. The van der Waals surface area contributed by atoms with E-state index in [0.717, 1.165) is 5.56 Å². The summed E-state index contributed by atoms with van der Waals surface area (Å²) in [6.07, 6.45) is -0.173. The van der Waals surface area contributed by atoms with Crippen LogP contribution in [0.2, 0.25) is 5.02 Å². The molecule has 1 aliphatic heterocycles. The summed E-state index contributed by atoms with van der Waals surface area (Å²) < 4.78 is 5.20. The number of hydrogen-bond acceptors (Lipinski definition) is 6. The summed E-state index contributed by atoms with van der Waals surface area (Å²) in [5.74, 6) is -1.17. The molecule has 0 radical (unpaired) electrons. The average Bonchev–Trinajstić information content (AvgIpc) is 2.74. The summed E-state index contributed by atoms with van der Waals surface area (Å²) in [7, 11) is 1.53. The summed E-state index contributed by atoms with van der Waals surface area (Å²) >= 11 is 5.99. The van der Waals surface area contributed by atoms with Crippen LogP contribution in [0.15, 0.2) is 47.3 Å². The van der Waals surface area contributed by atoms with Crippen molar-refractivity contribution in [1.82, 2.24) is 9.97 Å². The first-order valence-electron chi connectivity index (χ1n) is 9.76. The van der Waals surface area contributed by atoms with Gasteiger partial charge in [-0.2, -0.15) is 4.98 Å². The Hall–Kier alpha value is -3.85. The lowest BCUT2D eigenvalue weighted by molar-refractivity contribution is -0.123. The van der Waals surface area contributed by atoms with E-state index in [-0.39, 0.29) is 23.8 Å². The van der Waals surface area contributed by atoms with Crippen LogP contribution in [0.3, 0.4) is 0 Å². The van der Waals surface area contributed by atoms with Crippen molar-refractivity contribution in [2.45, 2.75) is 19.3 Å². The lowest BCUT2D eigenvalue weighted by Gasteiger charge is -2.24. The minimum absolute atomic E-state index is 0.0389. The topological polar surface area (TPSA) is 125 Å². The van der Waals surface area contributed by atoms with Gasteiger partial charge in [-0.25, -0.2) is 0 Å². The molecule has 9 nitrogen and oxygen atoms in total. The molecule has 0 aliphatic carbocycles. The highest BCUT2D eigenvalue weighted by Gasteiger charge is 2.35. The minimum Gasteiger partial charge on any atom is -0.497 e. The van der Waals surface area contributed by atoms with Crippen LogP contribution < -0.4 is 26.2 Å². The van der Waals surface area contributed by atoms with Gasteiger partial charge in [0.2, 0.25) is 17.8 Å². The third-order valence-electron chi connectivity index (χ3n) is 5.06. The molecule has 0 unspecified atom stereocenters. The number of aryl methyl sites for hydroxylation is 1. The second kappa shape index (κ2) is 8.72. The van der Waals surface area contributed by atoms with Crippen LogP contribution in [0, 0.1) is 6.92 Å². The Morgan fingerprint density at radius 3 is 2.78 bits per heavy atom. The number of H-pyrrole nitrogens is 1. The first kappa shape index (κ1) is 21.4. The average molecular weight is 454 g/mol. The van der Waals surface area contributed by atoms with Gasteiger partial charge in [-0.15, -0.1) is 0 Å². The van der Waals surface area contributed by atoms with E-state index in [1.807, 2.05) is 6.92 Å². The lowest BCUT2D eigenvalue weighted by atomic mass is 9.92. The quantitative estimate of drug-likeness (QED) is 0.468. The molecule has 3 aromatic rings. The third kappa shape index (κ3) is 4.42. The first-order chi connectivity index (χ1) is 15.3. The van der Waals surface area contributed by atoms with Gasteiger partial charge in [-0.05, 0) is 36.8 Å². The molecule has 1 atom stereocenters. The molecule has 1 aliphatic rings. The Kier molecular flexibility index (Phi) is 5.83. The van der Waals surface area contributed by atoms with Gasteiger partial charge >= 0.3 is 0 Å². The number of carbonyl (C=O) groups is 2. The van der Waals surface area contributed by atoms with Crippen molar-refractivity contribution >= 4 is 46.6 Å². The molecule has 4 rings (SSSR count). The van der Waals surface area contributed by atoms with E-state index in [2.05, 4.69) is 25.9 Å². The van der Waals surface area contributed by atoms with Gasteiger partial charge < -0.3 is 20.7 Å². The van der Waals surface area contributed by atoms with E-state index in [4.69, 9.17) is 16.3 Å². The van der Waals surface area contributed by atoms with Crippen molar-refractivity contribution < 1.29 is 14.3 Å². The number of hydrogen-bond donors (Lipinski definition) is 4. The summed E-state index contributed by atoms with van der Waals surface area (Å²) in [5.41, 5.74) is 1.52. The second-order valence-electron chi connectivity index (χ2n) is 7.29. The fourth-order valence-electron chi connectivity index (χ4n) is 3.44. The predicted octanol–water partition coefficient (Wildman–Crippen LogP) is 3.55. The molecule has 4 N–H and O–H groups in total. The number of carbonyl (C=O) groups excluding carboxylic acids is 2. The van der Waals surface area contributed by atoms with Crippen LogP contribution in [0.25, 0.3) is 0 Å². The maximum absolute atomic E-state index is 13.1. The molecule has 2 heterocycles. The van der Waals surface area contributed by atoms with E-state index < -0.39 is 23.3 Å². The summed E-state index contributed by atoms with van der Waals surface area (Å²) in [6.45, 7) is 1.83. The van der Waals surface area contributed by atoms with Crippen LogP contribution in [0.4, 0.5) is 23.1 Å². The second-order valence-corrected chi connectivity index (χ2v) is 7.72. The standard InChI is InChI=1S/C22H20ClN5O4/c1-11-6-7-14(32-2)9-16(11)25-20(30)15-10-17(29)26-19-18(15)21(31)28-22(27-19)24-13-5-3-4-12(23)8-13/h3-9,15H,10H2,1-2H3,(H,25,30)(H3,24,26,27,28,29,31)/t15-/m0/s1. The van der Waals surface area contributed by atoms with Crippen molar-refractivity contribution in [3.8, 4) is 5.75 Å². The lowest BCUT2D eigenvalue weighted by Crippen LogP contribution is -2.36. The first-order valence-corrected chi connectivity index (χ1v) is 10.1. The number of anilines is 4. The molecule has 164 valence electrons. The molecule has 2 amide bonds. The van der Waals surface area contributed by atoms with Crippen LogP contribution in [0.1, 0.15) is 23.5 Å². The number of aromatic nitrogens is 2. The monoisotopic (exact) mass is 453 g/mol. The highest BCUT2D eigenvalue weighted by atomic mass is 35.5. The summed E-state index contributed by atoms with van der Waals surface area (Å²) in [6, 6.07) is 12.1. The van der Waals surface area contributed by atoms with Gasteiger partial charge in [-0.1, -0.05) is 23.7 Å². The van der Waals surface area contributed by atoms with E-state index >= 15 is 0 Å². The Balaban J connectivity index is 1.65. The SMILES string of the molecule is COc1ccc(C)c(NC(=O)[C@H]2CC(=O)Nc3nc(Nc4cccc(Cl)c4)[nH]c(=O)c32)c1.